The highest BCUT2D eigenvalue weighted by atomic mass is 79.9. The first-order valence-electron chi connectivity index (χ1n) is 6.22. The Labute approximate surface area is 129 Å². The number of benzene rings is 1. The lowest BCUT2D eigenvalue weighted by Crippen LogP contribution is -1.84. The highest BCUT2D eigenvalue weighted by Gasteiger charge is 2.10. The molecule has 0 bridgehead atoms. The number of para-hydroxylation sites is 2. The van der Waals surface area contributed by atoms with Gasteiger partial charge in [0.05, 0.1) is 12.7 Å². The number of nitrogens with one attached hydrogen (secondary N) is 1. The van der Waals surface area contributed by atoms with Crippen LogP contribution in [-0.2, 0) is 0 Å². The van der Waals surface area contributed by atoms with Gasteiger partial charge in [0.1, 0.15) is 17.1 Å². The molecule has 2 aromatic heterocycles. The summed E-state index contributed by atoms with van der Waals surface area (Å²) in [7, 11) is 1.60. The second-order valence-electron chi connectivity index (χ2n) is 4.37. The minimum atomic E-state index is 0.0363. The number of halogens is 1. The summed E-state index contributed by atoms with van der Waals surface area (Å²) >= 11 is 3.37. The molecule has 1 aromatic carbocycles. The van der Waals surface area contributed by atoms with Gasteiger partial charge < -0.3 is 14.8 Å². The van der Waals surface area contributed by atoms with E-state index >= 15 is 0 Å². The Bertz CT molecular complexity index is 827. The number of fused-ring (bicyclic) bond motifs is 1. The molecule has 0 aliphatic heterocycles. The third kappa shape index (κ3) is 2.62. The zero-order chi connectivity index (χ0) is 14.8. The molecule has 0 saturated carbocycles. The molecule has 21 heavy (non-hydrogen) atoms. The molecule has 0 unspecified atom stereocenters. The molecule has 0 fully saturated rings. The van der Waals surface area contributed by atoms with Crippen LogP contribution in [0.25, 0.3) is 11.0 Å². The van der Waals surface area contributed by atoms with Crippen molar-refractivity contribution in [2.45, 2.75) is 0 Å². The first-order valence-corrected chi connectivity index (χ1v) is 7.01. The predicted molar refractivity (Wildman–Crippen MR) is 85.7 cm³/mol. The average Bonchev–Trinajstić information content (AvgIpc) is 2.80. The van der Waals surface area contributed by atoms with Gasteiger partial charge in [-0.2, -0.15) is 0 Å². The van der Waals surface area contributed by atoms with Crippen LogP contribution < -0.4 is 4.74 Å². The fourth-order valence-electron chi connectivity index (χ4n) is 2.05. The number of aromatic hydroxyl groups is 1. The molecular weight excluding hydrogens is 334 g/mol. The van der Waals surface area contributed by atoms with Gasteiger partial charge in [-0.3, -0.25) is 4.99 Å². The van der Waals surface area contributed by atoms with Crippen molar-refractivity contribution in [2.75, 3.05) is 7.11 Å². The molecule has 0 aliphatic rings. The van der Waals surface area contributed by atoms with E-state index in [9.17, 15) is 5.11 Å². The summed E-state index contributed by atoms with van der Waals surface area (Å²) in [6, 6.07) is 9.31. The molecule has 106 valence electrons. The quantitative estimate of drug-likeness (QED) is 0.709. The maximum atomic E-state index is 10.00. The summed E-state index contributed by atoms with van der Waals surface area (Å²) in [5.41, 5.74) is 1.89. The summed E-state index contributed by atoms with van der Waals surface area (Å²) in [6.07, 6.45) is 3.26. The largest absolute Gasteiger partial charge is 0.494 e. The zero-order valence-corrected chi connectivity index (χ0v) is 12.8. The summed E-state index contributed by atoms with van der Waals surface area (Å²) in [4.78, 5) is 11.4. The number of aromatic nitrogens is 2. The predicted octanol–water partition coefficient (Wildman–Crippen LogP) is 3.79. The van der Waals surface area contributed by atoms with Crippen molar-refractivity contribution in [1.29, 1.82) is 0 Å². The topological polar surface area (TPSA) is 70.5 Å². The Balaban J connectivity index is 2.07. The van der Waals surface area contributed by atoms with Crippen LogP contribution >= 0.6 is 15.9 Å². The van der Waals surface area contributed by atoms with E-state index in [0.717, 1.165) is 9.86 Å². The average molecular weight is 346 g/mol. The number of nitrogens with zero attached hydrogens (tertiary/aromatic N) is 2. The molecule has 0 amide bonds. The van der Waals surface area contributed by atoms with Crippen LogP contribution in [0, 0.1) is 0 Å². The van der Waals surface area contributed by atoms with Gasteiger partial charge in [0.15, 0.2) is 5.88 Å². The van der Waals surface area contributed by atoms with Crippen molar-refractivity contribution in [3.8, 4) is 11.6 Å². The fraction of sp³-hybridized carbons (Fsp3) is 0.0667. The minimum Gasteiger partial charge on any atom is -0.494 e. The number of hydrogen-bond acceptors (Lipinski definition) is 4. The van der Waals surface area contributed by atoms with Gasteiger partial charge in [-0.1, -0.05) is 12.1 Å². The molecule has 0 spiro atoms. The molecule has 5 nitrogen and oxygen atoms in total. The fourth-order valence-corrected chi connectivity index (χ4v) is 2.38. The van der Waals surface area contributed by atoms with E-state index in [-0.39, 0.29) is 5.88 Å². The first kappa shape index (κ1) is 13.6. The zero-order valence-electron chi connectivity index (χ0n) is 11.2. The first-order chi connectivity index (χ1) is 10.2. The minimum absolute atomic E-state index is 0.0363. The molecule has 6 heteroatoms. The van der Waals surface area contributed by atoms with Crippen molar-refractivity contribution in [3.63, 3.8) is 0 Å². The van der Waals surface area contributed by atoms with Gasteiger partial charge in [-0.05, 0) is 34.1 Å². The third-order valence-corrected chi connectivity index (χ3v) is 3.49. The maximum Gasteiger partial charge on any atom is 0.199 e. The van der Waals surface area contributed by atoms with E-state index in [1.54, 1.807) is 19.5 Å². The van der Waals surface area contributed by atoms with Crippen molar-refractivity contribution in [3.05, 3.63) is 46.6 Å². The highest BCUT2D eigenvalue weighted by Crippen LogP contribution is 2.29. The lowest BCUT2D eigenvalue weighted by atomic mass is 10.2. The summed E-state index contributed by atoms with van der Waals surface area (Å²) < 4.78 is 6.08. The molecule has 3 aromatic rings. The van der Waals surface area contributed by atoms with Crippen LogP contribution in [-0.4, -0.2) is 28.4 Å². The van der Waals surface area contributed by atoms with Crippen LogP contribution in [0.15, 0.2) is 46.0 Å². The van der Waals surface area contributed by atoms with Crippen molar-refractivity contribution < 1.29 is 9.84 Å². The van der Waals surface area contributed by atoms with E-state index < -0.39 is 0 Å². The van der Waals surface area contributed by atoms with Crippen molar-refractivity contribution in [2.24, 2.45) is 4.99 Å². The molecular formula is C15H12BrN3O2. The van der Waals surface area contributed by atoms with Gasteiger partial charge >= 0.3 is 0 Å². The monoisotopic (exact) mass is 345 g/mol. The van der Waals surface area contributed by atoms with Crippen molar-refractivity contribution in [1.82, 2.24) is 9.97 Å². The molecule has 2 N–H and O–H groups in total. The number of pyridine rings is 1. The van der Waals surface area contributed by atoms with Gasteiger partial charge in [-0.25, -0.2) is 4.98 Å². The number of H-pyrrole nitrogens is 1. The van der Waals surface area contributed by atoms with Crippen LogP contribution in [0.5, 0.6) is 11.6 Å². The van der Waals surface area contributed by atoms with Gasteiger partial charge in [0.2, 0.25) is 0 Å². The molecule has 3 rings (SSSR count). The second kappa shape index (κ2) is 5.57. The standard InChI is InChI=1S/C15H12BrN3O2/c1-21-13-5-3-2-4-12(13)17-8-11-10-6-9(16)7-18-14(10)19-15(11)20/h2-8,20H,1H3,(H,18,19). The Morgan fingerprint density at radius 1 is 1.38 bits per heavy atom. The van der Waals surface area contributed by atoms with Gasteiger partial charge in [0, 0.05) is 22.3 Å². The Morgan fingerprint density at radius 2 is 2.19 bits per heavy atom. The highest BCUT2D eigenvalue weighted by molar-refractivity contribution is 9.10. The van der Waals surface area contributed by atoms with Crippen LogP contribution in [0.3, 0.4) is 0 Å². The van der Waals surface area contributed by atoms with Crippen molar-refractivity contribution >= 4 is 38.9 Å². The van der Waals surface area contributed by atoms with E-state index in [4.69, 9.17) is 4.74 Å². The summed E-state index contributed by atoms with van der Waals surface area (Å²) in [5.74, 6) is 0.710. The van der Waals surface area contributed by atoms with Crippen LogP contribution in [0.1, 0.15) is 5.56 Å². The number of methoxy groups -OCH3 is 1. The molecule has 0 radical (unpaired) electrons. The SMILES string of the molecule is COc1ccccc1N=Cc1c(O)[nH]c2ncc(Br)cc12. The molecule has 0 saturated heterocycles. The summed E-state index contributed by atoms with van der Waals surface area (Å²) in [6.45, 7) is 0. The van der Waals surface area contributed by atoms with E-state index in [0.29, 0.717) is 22.6 Å². The Hall–Kier alpha value is -2.34. The third-order valence-electron chi connectivity index (χ3n) is 3.05. The maximum absolute atomic E-state index is 10.00. The molecule has 2 heterocycles. The van der Waals surface area contributed by atoms with Crippen LogP contribution in [0.4, 0.5) is 5.69 Å². The van der Waals surface area contributed by atoms with E-state index in [2.05, 4.69) is 30.9 Å². The number of ether oxygens (including phenoxy) is 1. The van der Waals surface area contributed by atoms with Gasteiger partial charge in [-0.15, -0.1) is 0 Å². The second-order valence-corrected chi connectivity index (χ2v) is 5.28. The number of aliphatic imine (C=N–C) groups is 1. The summed E-state index contributed by atoms with van der Waals surface area (Å²) in [5, 5.41) is 10.8. The van der Waals surface area contributed by atoms with Gasteiger partial charge in [0.25, 0.3) is 0 Å². The van der Waals surface area contributed by atoms with Crippen LogP contribution in [0.2, 0.25) is 0 Å². The normalized spacial score (nSPS) is 11.3. The lowest BCUT2D eigenvalue weighted by molar-refractivity contribution is 0.416. The molecule has 0 atom stereocenters. The number of aromatic amines is 1. The number of rotatable bonds is 3. The van der Waals surface area contributed by atoms with E-state index in [1.807, 2.05) is 30.3 Å². The number of hydrogen-bond donors (Lipinski definition) is 2. The Morgan fingerprint density at radius 3 is 3.00 bits per heavy atom. The Kier molecular flexibility index (Phi) is 3.62. The molecule has 0 aliphatic carbocycles. The smallest absolute Gasteiger partial charge is 0.199 e. The van der Waals surface area contributed by atoms with E-state index in [1.165, 1.54) is 0 Å². The lowest BCUT2D eigenvalue weighted by Gasteiger charge is -2.02.